The zero-order valence-electron chi connectivity index (χ0n) is 12.2. The molecule has 5 heteroatoms. The van der Waals surface area contributed by atoms with Gasteiger partial charge in [0.25, 0.3) is 0 Å². The smallest absolute Gasteiger partial charge is 0.311 e. The van der Waals surface area contributed by atoms with Crippen LogP contribution in [0, 0.1) is 11.3 Å². The highest BCUT2D eigenvalue weighted by atomic mass is 16.4. The van der Waals surface area contributed by atoms with E-state index in [9.17, 15) is 9.90 Å². The van der Waals surface area contributed by atoms with Crippen molar-refractivity contribution in [3.05, 3.63) is 18.2 Å². The summed E-state index contributed by atoms with van der Waals surface area (Å²) < 4.78 is 2.26. The Kier molecular flexibility index (Phi) is 3.32. The Morgan fingerprint density at radius 2 is 2.30 bits per heavy atom. The minimum atomic E-state index is -0.647. The largest absolute Gasteiger partial charge is 0.481 e. The molecular weight excluding hydrogens is 254 g/mol. The quantitative estimate of drug-likeness (QED) is 0.896. The topological polar surface area (TPSA) is 58.4 Å². The summed E-state index contributed by atoms with van der Waals surface area (Å²) in [6.45, 7) is 6.37. The molecular formula is C15H23N3O2. The number of imidazole rings is 1. The number of carboxylic acid groups (broad SMARTS) is 1. The molecule has 20 heavy (non-hydrogen) atoms. The molecule has 110 valence electrons. The highest BCUT2D eigenvalue weighted by Gasteiger charge is 2.47. The van der Waals surface area contributed by atoms with E-state index in [0.29, 0.717) is 12.6 Å². The first-order valence-electron chi connectivity index (χ1n) is 7.49. The monoisotopic (exact) mass is 277 g/mol. The predicted molar refractivity (Wildman–Crippen MR) is 75.3 cm³/mol. The van der Waals surface area contributed by atoms with E-state index in [0.717, 1.165) is 19.5 Å². The number of carbonyl (C=O) groups is 1. The van der Waals surface area contributed by atoms with Crippen molar-refractivity contribution in [2.24, 2.45) is 11.3 Å². The molecule has 1 N–H and O–H groups in total. The minimum absolute atomic E-state index is 0.165. The number of rotatable bonds is 5. The summed E-state index contributed by atoms with van der Waals surface area (Å²) in [5.74, 6) is -0.482. The van der Waals surface area contributed by atoms with Crippen molar-refractivity contribution in [2.75, 3.05) is 13.1 Å². The van der Waals surface area contributed by atoms with Crippen LogP contribution in [0.4, 0.5) is 0 Å². The normalized spacial score (nSPS) is 27.4. The maximum atomic E-state index is 11.7. The molecule has 1 atom stereocenters. The van der Waals surface area contributed by atoms with Crippen LogP contribution in [0.1, 0.15) is 44.8 Å². The molecule has 1 aromatic heterocycles. The van der Waals surface area contributed by atoms with Crippen LogP contribution in [0.3, 0.4) is 0 Å². The lowest BCUT2D eigenvalue weighted by molar-refractivity contribution is -0.151. The second-order valence-corrected chi connectivity index (χ2v) is 6.60. The summed E-state index contributed by atoms with van der Waals surface area (Å²) in [6, 6.07) is 0.629. The van der Waals surface area contributed by atoms with Gasteiger partial charge in [-0.3, -0.25) is 9.69 Å². The van der Waals surface area contributed by atoms with Crippen molar-refractivity contribution in [2.45, 2.75) is 45.7 Å². The maximum absolute atomic E-state index is 11.7. The molecule has 1 aliphatic heterocycles. The van der Waals surface area contributed by atoms with Crippen molar-refractivity contribution in [3.63, 3.8) is 0 Å². The number of carboxylic acids is 1. The van der Waals surface area contributed by atoms with E-state index < -0.39 is 11.4 Å². The first kappa shape index (κ1) is 13.6. The van der Waals surface area contributed by atoms with E-state index in [4.69, 9.17) is 0 Å². The van der Waals surface area contributed by atoms with Gasteiger partial charge >= 0.3 is 5.97 Å². The molecule has 0 radical (unpaired) electrons. The van der Waals surface area contributed by atoms with Crippen LogP contribution in [0.25, 0.3) is 0 Å². The van der Waals surface area contributed by atoms with Crippen LogP contribution >= 0.6 is 0 Å². The molecule has 0 spiro atoms. The summed E-state index contributed by atoms with van der Waals surface area (Å²) in [4.78, 5) is 18.2. The fraction of sp³-hybridized carbons (Fsp3) is 0.733. The zero-order valence-corrected chi connectivity index (χ0v) is 12.2. The SMILES string of the molecule is CC(C)C1(C(=O)O)CCN(Cc2cncn2C2CC2)C1. The molecule has 1 saturated heterocycles. The van der Waals surface area contributed by atoms with Crippen molar-refractivity contribution in [1.29, 1.82) is 0 Å². The zero-order chi connectivity index (χ0) is 14.3. The van der Waals surface area contributed by atoms with E-state index in [1.807, 2.05) is 26.4 Å². The lowest BCUT2D eigenvalue weighted by Gasteiger charge is -2.28. The average molecular weight is 277 g/mol. The van der Waals surface area contributed by atoms with Gasteiger partial charge in [-0.1, -0.05) is 13.8 Å². The molecule has 1 unspecified atom stereocenters. The molecule has 2 aliphatic rings. The second kappa shape index (κ2) is 4.88. The van der Waals surface area contributed by atoms with E-state index >= 15 is 0 Å². The van der Waals surface area contributed by atoms with Gasteiger partial charge in [-0.15, -0.1) is 0 Å². The summed E-state index contributed by atoms with van der Waals surface area (Å²) in [6.07, 6.45) is 7.07. The third-order valence-corrected chi connectivity index (χ3v) is 4.98. The highest BCUT2D eigenvalue weighted by Crippen LogP contribution is 2.40. The molecule has 1 aliphatic carbocycles. The number of likely N-dealkylation sites (tertiary alicyclic amines) is 1. The lowest BCUT2D eigenvalue weighted by Crippen LogP contribution is -2.39. The molecule has 3 rings (SSSR count). The predicted octanol–water partition coefficient (Wildman–Crippen LogP) is 2.15. The van der Waals surface area contributed by atoms with Gasteiger partial charge < -0.3 is 9.67 Å². The van der Waals surface area contributed by atoms with Crippen LogP contribution in [0.5, 0.6) is 0 Å². The van der Waals surface area contributed by atoms with E-state index in [1.54, 1.807) is 0 Å². The van der Waals surface area contributed by atoms with Crippen LogP contribution in [-0.4, -0.2) is 38.6 Å². The van der Waals surface area contributed by atoms with Gasteiger partial charge in [0.15, 0.2) is 0 Å². The van der Waals surface area contributed by atoms with Gasteiger partial charge in [0.1, 0.15) is 0 Å². The third kappa shape index (κ3) is 2.24. The number of aromatic nitrogens is 2. The second-order valence-electron chi connectivity index (χ2n) is 6.60. The van der Waals surface area contributed by atoms with Crippen LogP contribution in [0.15, 0.2) is 12.5 Å². The number of hydrogen-bond acceptors (Lipinski definition) is 3. The first-order chi connectivity index (χ1) is 9.53. The minimum Gasteiger partial charge on any atom is -0.481 e. The number of nitrogens with zero attached hydrogens (tertiary/aromatic N) is 3. The number of hydrogen-bond donors (Lipinski definition) is 1. The fourth-order valence-electron chi connectivity index (χ4n) is 3.31. The van der Waals surface area contributed by atoms with Crippen LogP contribution < -0.4 is 0 Å². The van der Waals surface area contributed by atoms with Gasteiger partial charge in [0.2, 0.25) is 0 Å². The van der Waals surface area contributed by atoms with Crippen molar-refractivity contribution < 1.29 is 9.90 Å². The third-order valence-electron chi connectivity index (χ3n) is 4.98. The molecule has 0 bridgehead atoms. The molecule has 2 heterocycles. The standard InChI is InChI=1S/C15H23N3O2/c1-11(2)15(14(19)20)5-6-17(9-15)8-13-7-16-10-18(13)12-3-4-12/h7,10-12H,3-6,8-9H2,1-2H3,(H,19,20). The van der Waals surface area contributed by atoms with E-state index in [2.05, 4.69) is 14.5 Å². The van der Waals surface area contributed by atoms with Gasteiger partial charge in [-0.25, -0.2) is 4.98 Å². The van der Waals surface area contributed by atoms with Gasteiger partial charge in [-0.05, 0) is 31.7 Å². The molecule has 1 aromatic rings. The molecule has 2 fully saturated rings. The Morgan fingerprint density at radius 3 is 2.85 bits per heavy atom. The van der Waals surface area contributed by atoms with Gasteiger partial charge in [0, 0.05) is 25.3 Å². The van der Waals surface area contributed by atoms with Crippen molar-refractivity contribution in [3.8, 4) is 0 Å². The summed E-state index contributed by atoms with van der Waals surface area (Å²) in [5, 5.41) is 9.59. The van der Waals surface area contributed by atoms with E-state index in [1.165, 1.54) is 18.5 Å². The summed E-state index contributed by atoms with van der Waals surface area (Å²) in [5.41, 5.74) is 0.641. The Hall–Kier alpha value is -1.36. The van der Waals surface area contributed by atoms with Crippen molar-refractivity contribution >= 4 is 5.97 Å². The Balaban J connectivity index is 1.71. The van der Waals surface area contributed by atoms with Crippen molar-refractivity contribution in [1.82, 2.24) is 14.5 Å². The maximum Gasteiger partial charge on any atom is 0.311 e. The average Bonchev–Trinajstić information content (AvgIpc) is 2.97. The number of aliphatic carboxylic acids is 1. The molecule has 0 amide bonds. The van der Waals surface area contributed by atoms with Crippen LogP contribution in [-0.2, 0) is 11.3 Å². The van der Waals surface area contributed by atoms with Gasteiger partial charge in [0.05, 0.1) is 17.4 Å². The molecule has 1 saturated carbocycles. The highest BCUT2D eigenvalue weighted by molar-refractivity contribution is 5.75. The lowest BCUT2D eigenvalue weighted by atomic mass is 9.76. The summed E-state index contributed by atoms with van der Waals surface area (Å²) in [7, 11) is 0. The first-order valence-corrected chi connectivity index (χ1v) is 7.49. The Bertz CT molecular complexity index is 507. The Labute approximate surface area is 119 Å². The molecule has 5 nitrogen and oxygen atoms in total. The van der Waals surface area contributed by atoms with E-state index in [-0.39, 0.29) is 5.92 Å². The molecule has 0 aromatic carbocycles. The summed E-state index contributed by atoms with van der Waals surface area (Å²) >= 11 is 0. The van der Waals surface area contributed by atoms with Crippen LogP contribution in [0.2, 0.25) is 0 Å². The fourth-order valence-corrected chi connectivity index (χ4v) is 3.31. The van der Waals surface area contributed by atoms with Gasteiger partial charge in [-0.2, -0.15) is 0 Å². The Morgan fingerprint density at radius 1 is 1.55 bits per heavy atom.